The summed E-state index contributed by atoms with van der Waals surface area (Å²) in [5.41, 5.74) is 3.05. The summed E-state index contributed by atoms with van der Waals surface area (Å²) in [7, 11) is 0. The van der Waals surface area contributed by atoms with E-state index in [9.17, 15) is 9.50 Å². The molecule has 3 atom stereocenters. The molecule has 0 radical (unpaired) electrons. The molecule has 2 saturated heterocycles. The zero-order valence-corrected chi connectivity index (χ0v) is 18.6. The lowest BCUT2D eigenvalue weighted by Gasteiger charge is -2.51. The van der Waals surface area contributed by atoms with Crippen molar-refractivity contribution in [1.82, 2.24) is 10.2 Å². The van der Waals surface area contributed by atoms with Crippen LogP contribution in [0, 0.1) is 18.2 Å². The second-order valence-corrected chi connectivity index (χ2v) is 10.2. The van der Waals surface area contributed by atoms with E-state index in [4.69, 9.17) is 0 Å². The van der Waals surface area contributed by atoms with Crippen LogP contribution >= 0.6 is 0 Å². The van der Waals surface area contributed by atoms with Crippen molar-refractivity contribution < 1.29 is 9.50 Å². The van der Waals surface area contributed by atoms with E-state index in [1.807, 2.05) is 12.1 Å². The number of aliphatic hydroxyl groups is 1. The highest BCUT2D eigenvalue weighted by Gasteiger charge is 2.49. The Labute approximate surface area is 185 Å². The van der Waals surface area contributed by atoms with Crippen molar-refractivity contribution in [2.45, 2.75) is 63.0 Å². The summed E-state index contributed by atoms with van der Waals surface area (Å²) >= 11 is 0. The number of aryl methyl sites for hydroxylation is 1. The van der Waals surface area contributed by atoms with E-state index >= 15 is 0 Å². The van der Waals surface area contributed by atoms with E-state index in [1.165, 1.54) is 17.5 Å². The fourth-order valence-electron chi connectivity index (χ4n) is 6.65. The third-order valence-corrected chi connectivity index (χ3v) is 8.43. The van der Waals surface area contributed by atoms with Crippen molar-refractivity contribution in [1.29, 1.82) is 0 Å². The van der Waals surface area contributed by atoms with E-state index in [1.54, 1.807) is 12.1 Å². The predicted molar refractivity (Wildman–Crippen MR) is 123 cm³/mol. The van der Waals surface area contributed by atoms with Crippen molar-refractivity contribution in [2.24, 2.45) is 5.41 Å². The van der Waals surface area contributed by atoms with Gasteiger partial charge in [0.2, 0.25) is 0 Å². The van der Waals surface area contributed by atoms with Crippen LogP contribution in [-0.2, 0) is 5.60 Å². The molecule has 3 fully saturated rings. The lowest BCUT2D eigenvalue weighted by atomic mass is 9.67. The Kier molecular flexibility index (Phi) is 5.66. The van der Waals surface area contributed by atoms with Gasteiger partial charge in [0, 0.05) is 25.0 Å². The van der Waals surface area contributed by atoms with Crippen molar-refractivity contribution in [3.8, 4) is 0 Å². The van der Waals surface area contributed by atoms with Gasteiger partial charge in [-0.3, -0.25) is 4.90 Å². The highest BCUT2D eigenvalue weighted by Crippen LogP contribution is 2.49. The van der Waals surface area contributed by atoms with Crippen LogP contribution in [-0.4, -0.2) is 42.2 Å². The molecule has 0 amide bonds. The Morgan fingerprint density at radius 2 is 1.81 bits per heavy atom. The molecule has 2 aliphatic heterocycles. The van der Waals surface area contributed by atoms with Crippen LogP contribution in [0.2, 0.25) is 0 Å². The number of rotatable bonds is 3. The first-order valence-corrected chi connectivity index (χ1v) is 12.0. The molecule has 3 aliphatic rings. The third kappa shape index (κ3) is 3.83. The van der Waals surface area contributed by atoms with Gasteiger partial charge in [0.05, 0.1) is 0 Å². The van der Waals surface area contributed by atoms with Crippen molar-refractivity contribution in [3.63, 3.8) is 0 Å². The first-order valence-electron chi connectivity index (χ1n) is 12.0. The van der Waals surface area contributed by atoms with E-state index in [0.717, 1.165) is 63.8 Å². The third-order valence-electron chi connectivity index (χ3n) is 8.43. The van der Waals surface area contributed by atoms with Crippen LogP contribution in [0.5, 0.6) is 0 Å². The highest BCUT2D eigenvalue weighted by atomic mass is 19.1. The summed E-state index contributed by atoms with van der Waals surface area (Å²) in [5, 5.41) is 15.5. The van der Waals surface area contributed by atoms with E-state index in [-0.39, 0.29) is 17.3 Å². The molecule has 3 nitrogen and oxygen atoms in total. The molecule has 31 heavy (non-hydrogen) atoms. The molecule has 3 unspecified atom stereocenters. The Bertz CT molecular complexity index is 906. The Morgan fingerprint density at radius 3 is 2.55 bits per heavy atom. The molecule has 2 aromatic rings. The molecular weight excluding hydrogens is 387 g/mol. The minimum Gasteiger partial charge on any atom is -0.384 e. The van der Waals surface area contributed by atoms with Crippen molar-refractivity contribution in [3.05, 3.63) is 71.0 Å². The van der Waals surface area contributed by atoms with Crippen LogP contribution in [0.4, 0.5) is 4.39 Å². The number of halogens is 1. The lowest BCUT2D eigenvalue weighted by molar-refractivity contribution is -0.0931. The molecule has 2 N–H and O–H groups in total. The number of nitrogens with one attached hydrogen (secondary N) is 1. The van der Waals surface area contributed by atoms with Crippen LogP contribution in [0.1, 0.15) is 61.1 Å². The smallest absolute Gasteiger partial charge is 0.123 e. The first-order chi connectivity index (χ1) is 15.0. The Morgan fingerprint density at radius 1 is 1.03 bits per heavy atom. The first kappa shape index (κ1) is 21.1. The molecule has 4 heteroatoms. The van der Waals surface area contributed by atoms with Gasteiger partial charge >= 0.3 is 0 Å². The molecule has 1 saturated carbocycles. The molecule has 1 spiro atoms. The molecule has 2 heterocycles. The molecule has 0 aromatic heterocycles. The van der Waals surface area contributed by atoms with Gasteiger partial charge in [-0.1, -0.05) is 54.8 Å². The van der Waals surface area contributed by atoms with Gasteiger partial charge in [-0.15, -0.1) is 0 Å². The topological polar surface area (TPSA) is 35.5 Å². The van der Waals surface area contributed by atoms with Crippen molar-refractivity contribution in [2.75, 3.05) is 26.2 Å². The largest absolute Gasteiger partial charge is 0.384 e. The number of likely N-dealkylation sites (tertiary alicyclic amines) is 1. The van der Waals surface area contributed by atoms with Gasteiger partial charge < -0.3 is 10.4 Å². The summed E-state index contributed by atoms with van der Waals surface area (Å²) in [6.45, 7) is 6.17. The maximum atomic E-state index is 13.5. The number of nitrogens with zero attached hydrogens (tertiary/aromatic N) is 1. The second kappa shape index (κ2) is 8.31. The van der Waals surface area contributed by atoms with Gasteiger partial charge in [0.15, 0.2) is 0 Å². The monoisotopic (exact) mass is 422 g/mol. The van der Waals surface area contributed by atoms with E-state index in [0.29, 0.717) is 5.92 Å². The molecule has 1 aliphatic carbocycles. The summed E-state index contributed by atoms with van der Waals surface area (Å²) < 4.78 is 13.5. The summed E-state index contributed by atoms with van der Waals surface area (Å²) in [4.78, 5) is 2.58. The normalized spacial score (nSPS) is 31.2. The van der Waals surface area contributed by atoms with Crippen LogP contribution < -0.4 is 5.32 Å². The molecule has 0 bridgehead atoms. The van der Waals surface area contributed by atoms with Gasteiger partial charge in [-0.05, 0) is 74.4 Å². The van der Waals surface area contributed by atoms with E-state index < -0.39 is 5.60 Å². The average Bonchev–Trinajstić information content (AvgIpc) is 3.18. The fraction of sp³-hybridized carbons (Fsp3) is 0.556. The van der Waals surface area contributed by atoms with Crippen LogP contribution in [0.3, 0.4) is 0 Å². The van der Waals surface area contributed by atoms with Crippen LogP contribution in [0.15, 0.2) is 48.5 Å². The second-order valence-electron chi connectivity index (χ2n) is 10.2. The van der Waals surface area contributed by atoms with Gasteiger partial charge in [-0.2, -0.15) is 0 Å². The maximum absolute atomic E-state index is 13.5. The Hall–Kier alpha value is -1.75. The van der Waals surface area contributed by atoms with Gasteiger partial charge in [0.1, 0.15) is 11.4 Å². The minimum atomic E-state index is -0.751. The van der Waals surface area contributed by atoms with Crippen LogP contribution in [0.25, 0.3) is 0 Å². The predicted octanol–water partition coefficient (Wildman–Crippen LogP) is 4.73. The number of hydrogen-bond acceptors (Lipinski definition) is 3. The zero-order chi connectivity index (χ0) is 21.5. The van der Waals surface area contributed by atoms with Crippen molar-refractivity contribution >= 4 is 0 Å². The maximum Gasteiger partial charge on any atom is 0.123 e. The SMILES string of the molecule is Cc1cccc(C2(O)CCCCC2N2CCC3(CC2)CNCC3c2ccc(F)cc2)c1. The summed E-state index contributed by atoms with van der Waals surface area (Å²) in [6, 6.07) is 15.8. The molecular formula is C27H35FN2O. The van der Waals surface area contributed by atoms with E-state index in [2.05, 4.69) is 41.4 Å². The number of hydrogen-bond donors (Lipinski definition) is 2. The highest BCUT2D eigenvalue weighted by molar-refractivity contribution is 5.30. The summed E-state index contributed by atoms with van der Waals surface area (Å²) in [5.74, 6) is 0.281. The lowest BCUT2D eigenvalue weighted by Crippen LogP contribution is -2.56. The van der Waals surface area contributed by atoms with Gasteiger partial charge in [0.25, 0.3) is 0 Å². The fourth-order valence-corrected chi connectivity index (χ4v) is 6.65. The minimum absolute atomic E-state index is 0.161. The van der Waals surface area contributed by atoms with Gasteiger partial charge in [-0.25, -0.2) is 4.39 Å². The number of piperidine rings is 1. The molecule has 166 valence electrons. The number of benzene rings is 2. The molecule has 5 rings (SSSR count). The summed E-state index contributed by atoms with van der Waals surface area (Å²) in [6.07, 6.45) is 6.46. The Balaban J connectivity index is 1.35. The zero-order valence-electron chi connectivity index (χ0n) is 18.6. The standard InChI is InChI=1S/C27H35FN2O/c1-20-5-4-6-22(17-20)27(31)12-3-2-7-25(27)30-15-13-26(14-16-30)19-29-18-24(26)21-8-10-23(28)11-9-21/h4-6,8-11,17,24-25,29,31H,2-3,7,12-16,18-19H2,1H3. The molecule has 2 aromatic carbocycles. The average molecular weight is 423 g/mol. The quantitative estimate of drug-likeness (QED) is 0.750.